The normalized spacial score (nSPS) is 20.1. The molecule has 1 aromatic heterocycles. The molecule has 1 aliphatic heterocycles. The Bertz CT molecular complexity index is 259. The molecule has 0 aliphatic carbocycles. The number of hydrogen-bond acceptors (Lipinski definition) is 2. The molecule has 0 bridgehead atoms. The highest BCUT2D eigenvalue weighted by Crippen LogP contribution is 2.18. The summed E-state index contributed by atoms with van der Waals surface area (Å²) in [5, 5.41) is 3.45. The number of halogens is 2. The Hall–Kier alpha value is -0.310. The Morgan fingerprint density at radius 2 is 1.88 bits per heavy atom. The zero-order valence-electron chi connectivity index (χ0n) is 9.39. The molecule has 0 radical (unpaired) electrons. The van der Waals surface area contributed by atoms with Crippen LogP contribution in [0.4, 0.5) is 0 Å². The lowest BCUT2D eigenvalue weighted by Gasteiger charge is -2.12. The van der Waals surface area contributed by atoms with E-state index in [1.807, 2.05) is 12.4 Å². The molecule has 0 saturated carbocycles. The lowest BCUT2D eigenvalue weighted by molar-refractivity contribution is 0.470. The Kier molecular flexibility index (Phi) is 8.63. The lowest BCUT2D eigenvalue weighted by Crippen LogP contribution is -2.14. The van der Waals surface area contributed by atoms with E-state index in [2.05, 4.69) is 22.4 Å². The molecule has 1 atom stereocenters. The summed E-state index contributed by atoms with van der Waals surface area (Å²) in [6.45, 7) is 2.39. The first-order valence-corrected chi connectivity index (χ1v) is 5.55. The molecule has 0 spiro atoms. The Morgan fingerprint density at radius 3 is 2.62 bits per heavy atom. The van der Waals surface area contributed by atoms with Gasteiger partial charge in [0.1, 0.15) is 0 Å². The van der Waals surface area contributed by atoms with Gasteiger partial charge in [-0.15, -0.1) is 24.8 Å². The van der Waals surface area contributed by atoms with Gasteiger partial charge in [0.05, 0.1) is 0 Å². The van der Waals surface area contributed by atoms with Crippen LogP contribution in [0.1, 0.15) is 24.8 Å². The zero-order valence-corrected chi connectivity index (χ0v) is 11.0. The van der Waals surface area contributed by atoms with Crippen molar-refractivity contribution in [2.75, 3.05) is 13.1 Å². The van der Waals surface area contributed by atoms with Gasteiger partial charge in [0.25, 0.3) is 0 Å². The maximum atomic E-state index is 4.04. The number of pyridine rings is 1. The average molecular weight is 263 g/mol. The summed E-state index contributed by atoms with van der Waals surface area (Å²) in [6, 6.07) is 4.27. The fourth-order valence-electron chi connectivity index (χ4n) is 2.15. The van der Waals surface area contributed by atoms with Gasteiger partial charge in [-0.2, -0.15) is 0 Å². The molecule has 2 nitrogen and oxygen atoms in total. The van der Waals surface area contributed by atoms with E-state index < -0.39 is 0 Å². The first-order chi connectivity index (χ1) is 6.95. The molecule has 16 heavy (non-hydrogen) atoms. The van der Waals surface area contributed by atoms with Crippen LogP contribution >= 0.6 is 24.8 Å². The molecule has 1 fully saturated rings. The Balaban J connectivity index is 0.00000112. The van der Waals surface area contributed by atoms with E-state index in [0.29, 0.717) is 0 Å². The maximum absolute atomic E-state index is 4.04. The molecule has 2 heterocycles. The van der Waals surface area contributed by atoms with Crippen molar-refractivity contribution in [2.24, 2.45) is 5.92 Å². The molecule has 1 unspecified atom stereocenters. The molecule has 1 saturated heterocycles. The summed E-state index contributed by atoms with van der Waals surface area (Å²) >= 11 is 0. The van der Waals surface area contributed by atoms with Crippen LogP contribution in [0.15, 0.2) is 24.5 Å². The molecular formula is C12H20Cl2N2. The van der Waals surface area contributed by atoms with Crippen LogP contribution in [0.3, 0.4) is 0 Å². The lowest BCUT2D eigenvalue weighted by atomic mass is 9.93. The van der Waals surface area contributed by atoms with Crippen molar-refractivity contribution >= 4 is 24.8 Å². The second kappa shape index (κ2) is 8.80. The second-order valence-electron chi connectivity index (χ2n) is 4.11. The number of aromatic nitrogens is 1. The maximum Gasteiger partial charge on any atom is 0.0270 e. The summed E-state index contributed by atoms with van der Waals surface area (Å²) in [6.07, 6.45) is 9.03. The first-order valence-electron chi connectivity index (χ1n) is 5.55. The summed E-state index contributed by atoms with van der Waals surface area (Å²) < 4.78 is 0. The quantitative estimate of drug-likeness (QED) is 0.887. The first kappa shape index (κ1) is 15.7. The molecular weight excluding hydrogens is 243 g/mol. The van der Waals surface area contributed by atoms with Gasteiger partial charge in [-0.1, -0.05) is 0 Å². The van der Waals surface area contributed by atoms with Crippen molar-refractivity contribution in [1.29, 1.82) is 0 Å². The van der Waals surface area contributed by atoms with E-state index in [4.69, 9.17) is 0 Å². The number of hydrogen-bond donors (Lipinski definition) is 1. The van der Waals surface area contributed by atoms with Crippen molar-refractivity contribution < 1.29 is 0 Å². The minimum atomic E-state index is 0. The van der Waals surface area contributed by atoms with Crippen molar-refractivity contribution in [2.45, 2.75) is 25.7 Å². The molecule has 1 aliphatic rings. The van der Waals surface area contributed by atoms with Crippen molar-refractivity contribution in [3.8, 4) is 0 Å². The van der Waals surface area contributed by atoms with Gasteiger partial charge in [0.15, 0.2) is 0 Å². The van der Waals surface area contributed by atoms with Gasteiger partial charge in [0.2, 0.25) is 0 Å². The fraction of sp³-hybridized carbons (Fsp3) is 0.583. The predicted molar refractivity (Wildman–Crippen MR) is 72.6 cm³/mol. The largest absolute Gasteiger partial charge is 0.317 e. The highest BCUT2D eigenvalue weighted by atomic mass is 35.5. The predicted octanol–water partition coefficient (Wildman–Crippen LogP) is 2.86. The molecule has 1 aromatic rings. The van der Waals surface area contributed by atoms with Gasteiger partial charge >= 0.3 is 0 Å². The molecule has 0 aromatic carbocycles. The van der Waals surface area contributed by atoms with Gasteiger partial charge in [-0.05, 0) is 62.4 Å². The number of rotatable bonds is 2. The van der Waals surface area contributed by atoms with Gasteiger partial charge in [0, 0.05) is 12.4 Å². The number of nitrogens with zero attached hydrogens (tertiary/aromatic N) is 1. The van der Waals surface area contributed by atoms with Crippen LogP contribution in [0.5, 0.6) is 0 Å². The summed E-state index contributed by atoms with van der Waals surface area (Å²) in [5.41, 5.74) is 1.44. The van der Waals surface area contributed by atoms with Crippen LogP contribution in [-0.2, 0) is 6.42 Å². The van der Waals surface area contributed by atoms with Crippen LogP contribution in [0.2, 0.25) is 0 Å². The molecule has 4 heteroatoms. The standard InChI is InChI=1S/C12H18N2.2ClH/c1-2-11(3-7-13-6-1)10-12-4-8-14-9-5-12;;/h4-5,8-9,11,13H,1-3,6-7,10H2;2*1H. The minimum absolute atomic E-state index is 0. The third-order valence-electron chi connectivity index (χ3n) is 2.97. The Labute approximate surface area is 110 Å². The van der Waals surface area contributed by atoms with E-state index in [1.165, 1.54) is 44.3 Å². The smallest absolute Gasteiger partial charge is 0.0270 e. The van der Waals surface area contributed by atoms with E-state index in [-0.39, 0.29) is 24.8 Å². The average Bonchev–Trinajstić information content (AvgIpc) is 2.48. The Morgan fingerprint density at radius 1 is 1.12 bits per heavy atom. The van der Waals surface area contributed by atoms with E-state index in [9.17, 15) is 0 Å². The summed E-state index contributed by atoms with van der Waals surface area (Å²) in [5.74, 6) is 0.868. The third-order valence-corrected chi connectivity index (χ3v) is 2.97. The van der Waals surface area contributed by atoms with E-state index in [1.54, 1.807) is 0 Å². The van der Waals surface area contributed by atoms with Gasteiger partial charge in [-0.3, -0.25) is 4.98 Å². The van der Waals surface area contributed by atoms with Gasteiger partial charge < -0.3 is 5.32 Å². The van der Waals surface area contributed by atoms with E-state index >= 15 is 0 Å². The van der Waals surface area contributed by atoms with Crippen molar-refractivity contribution in [3.05, 3.63) is 30.1 Å². The highest BCUT2D eigenvalue weighted by molar-refractivity contribution is 5.85. The third kappa shape index (κ3) is 5.15. The van der Waals surface area contributed by atoms with Crippen LogP contribution in [-0.4, -0.2) is 18.1 Å². The summed E-state index contributed by atoms with van der Waals surface area (Å²) in [4.78, 5) is 4.04. The highest BCUT2D eigenvalue weighted by Gasteiger charge is 2.11. The van der Waals surface area contributed by atoms with Gasteiger partial charge in [-0.25, -0.2) is 0 Å². The van der Waals surface area contributed by atoms with Crippen LogP contribution < -0.4 is 5.32 Å². The monoisotopic (exact) mass is 262 g/mol. The zero-order chi connectivity index (χ0) is 9.64. The van der Waals surface area contributed by atoms with Crippen molar-refractivity contribution in [1.82, 2.24) is 10.3 Å². The SMILES string of the molecule is Cl.Cl.c1cc(CC2CCCNCC2)ccn1. The molecule has 0 amide bonds. The van der Waals surface area contributed by atoms with Crippen LogP contribution in [0, 0.1) is 5.92 Å². The topological polar surface area (TPSA) is 24.9 Å². The number of nitrogens with one attached hydrogen (secondary N) is 1. The molecule has 2 rings (SSSR count). The van der Waals surface area contributed by atoms with Crippen LogP contribution in [0.25, 0.3) is 0 Å². The second-order valence-corrected chi connectivity index (χ2v) is 4.11. The molecule has 92 valence electrons. The fourth-order valence-corrected chi connectivity index (χ4v) is 2.15. The molecule has 1 N–H and O–H groups in total. The summed E-state index contributed by atoms with van der Waals surface area (Å²) in [7, 11) is 0. The van der Waals surface area contributed by atoms with E-state index in [0.717, 1.165) is 5.92 Å². The van der Waals surface area contributed by atoms with Crippen molar-refractivity contribution in [3.63, 3.8) is 0 Å². The minimum Gasteiger partial charge on any atom is -0.317 e.